The van der Waals surface area contributed by atoms with Crippen LogP contribution in [0.3, 0.4) is 0 Å². The lowest BCUT2D eigenvalue weighted by molar-refractivity contribution is 0.100. The molecular formula is C12H10ClFN4O. The van der Waals surface area contributed by atoms with Crippen LogP contribution in [0, 0.1) is 5.82 Å². The average Bonchev–Trinajstić information content (AvgIpc) is 2.36. The SMILES string of the molecule is NC(=O)c1cnc(Cl)nc1NCc1cccc(F)c1. The van der Waals surface area contributed by atoms with Crippen LogP contribution in [-0.4, -0.2) is 15.9 Å². The van der Waals surface area contributed by atoms with Gasteiger partial charge in [-0.1, -0.05) is 12.1 Å². The summed E-state index contributed by atoms with van der Waals surface area (Å²) in [5.74, 6) is -0.787. The van der Waals surface area contributed by atoms with Gasteiger partial charge in [-0.3, -0.25) is 4.79 Å². The highest BCUT2D eigenvalue weighted by atomic mass is 35.5. The molecule has 2 rings (SSSR count). The summed E-state index contributed by atoms with van der Waals surface area (Å²) in [5, 5.41) is 2.87. The molecule has 0 aliphatic heterocycles. The van der Waals surface area contributed by atoms with Crippen molar-refractivity contribution in [1.82, 2.24) is 9.97 Å². The van der Waals surface area contributed by atoms with Crippen LogP contribution < -0.4 is 11.1 Å². The first-order valence-electron chi connectivity index (χ1n) is 5.37. The van der Waals surface area contributed by atoms with Crippen LogP contribution in [0.1, 0.15) is 15.9 Å². The van der Waals surface area contributed by atoms with Crippen LogP contribution in [0.4, 0.5) is 10.2 Å². The molecule has 19 heavy (non-hydrogen) atoms. The minimum atomic E-state index is -0.668. The number of rotatable bonds is 4. The summed E-state index contributed by atoms with van der Waals surface area (Å²) < 4.78 is 13.0. The number of primary amides is 1. The van der Waals surface area contributed by atoms with Crippen molar-refractivity contribution >= 4 is 23.3 Å². The molecule has 0 atom stereocenters. The molecule has 0 spiro atoms. The standard InChI is InChI=1S/C12H10ClFN4O/c13-12-17-6-9(10(15)19)11(18-12)16-5-7-2-1-3-8(14)4-7/h1-4,6H,5H2,(H2,15,19)(H,16,17,18). The Morgan fingerprint density at radius 1 is 1.47 bits per heavy atom. The monoisotopic (exact) mass is 280 g/mol. The number of carbonyl (C=O) groups is 1. The lowest BCUT2D eigenvalue weighted by Crippen LogP contribution is -2.16. The Bertz CT molecular complexity index is 620. The van der Waals surface area contributed by atoms with Crippen LogP contribution in [0.25, 0.3) is 0 Å². The molecule has 0 aliphatic carbocycles. The first-order valence-corrected chi connectivity index (χ1v) is 5.74. The van der Waals surface area contributed by atoms with Gasteiger partial charge in [-0.25, -0.2) is 9.37 Å². The number of aromatic nitrogens is 2. The number of halogens is 2. The van der Waals surface area contributed by atoms with Gasteiger partial charge in [0.05, 0.1) is 5.56 Å². The molecule has 3 N–H and O–H groups in total. The summed E-state index contributed by atoms with van der Waals surface area (Å²) in [4.78, 5) is 18.8. The van der Waals surface area contributed by atoms with Gasteiger partial charge in [0.1, 0.15) is 11.6 Å². The molecular weight excluding hydrogens is 271 g/mol. The second kappa shape index (κ2) is 5.62. The maximum Gasteiger partial charge on any atom is 0.254 e. The molecule has 98 valence electrons. The Balaban J connectivity index is 2.19. The van der Waals surface area contributed by atoms with E-state index in [1.165, 1.54) is 18.3 Å². The molecule has 0 saturated carbocycles. The van der Waals surface area contributed by atoms with E-state index < -0.39 is 5.91 Å². The van der Waals surface area contributed by atoms with Gasteiger partial charge in [0.25, 0.3) is 5.91 Å². The normalized spacial score (nSPS) is 10.2. The molecule has 0 radical (unpaired) electrons. The van der Waals surface area contributed by atoms with E-state index in [2.05, 4.69) is 15.3 Å². The maximum atomic E-state index is 13.0. The van der Waals surface area contributed by atoms with E-state index in [1.54, 1.807) is 12.1 Å². The van der Waals surface area contributed by atoms with E-state index >= 15 is 0 Å². The van der Waals surface area contributed by atoms with Gasteiger partial charge >= 0.3 is 0 Å². The predicted molar refractivity (Wildman–Crippen MR) is 69.3 cm³/mol. The molecule has 0 saturated heterocycles. The molecule has 0 unspecified atom stereocenters. The zero-order chi connectivity index (χ0) is 13.8. The lowest BCUT2D eigenvalue weighted by Gasteiger charge is -2.09. The number of hydrogen-bond acceptors (Lipinski definition) is 4. The Kier molecular flexibility index (Phi) is 3.91. The molecule has 1 aromatic carbocycles. The second-order valence-electron chi connectivity index (χ2n) is 3.75. The molecule has 0 bridgehead atoms. The fourth-order valence-corrected chi connectivity index (χ4v) is 1.64. The minimum Gasteiger partial charge on any atom is -0.365 e. The van der Waals surface area contributed by atoms with Gasteiger partial charge in [0.2, 0.25) is 5.28 Å². The number of nitrogens with two attached hydrogens (primary N) is 1. The van der Waals surface area contributed by atoms with E-state index in [0.29, 0.717) is 5.56 Å². The predicted octanol–water partition coefficient (Wildman–Crippen LogP) is 1.98. The summed E-state index contributed by atoms with van der Waals surface area (Å²) in [6, 6.07) is 6.05. The van der Waals surface area contributed by atoms with Crippen molar-refractivity contribution in [2.24, 2.45) is 5.73 Å². The number of hydrogen-bond donors (Lipinski definition) is 2. The van der Waals surface area contributed by atoms with Gasteiger partial charge in [0, 0.05) is 12.7 Å². The largest absolute Gasteiger partial charge is 0.365 e. The molecule has 2 aromatic rings. The van der Waals surface area contributed by atoms with Gasteiger partial charge in [-0.05, 0) is 29.3 Å². The van der Waals surface area contributed by atoms with Crippen molar-refractivity contribution in [3.05, 3.63) is 52.7 Å². The van der Waals surface area contributed by atoms with Crippen molar-refractivity contribution in [2.75, 3.05) is 5.32 Å². The van der Waals surface area contributed by atoms with Crippen molar-refractivity contribution in [3.8, 4) is 0 Å². The van der Waals surface area contributed by atoms with Crippen molar-refractivity contribution in [1.29, 1.82) is 0 Å². The third kappa shape index (κ3) is 3.38. The average molecular weight is 281 g/mol. The number of amides is 1. The van der Waals surface area contributed by atoms with Gasteiger partial charge in [-0.15, -0.1) is 0 Å². The van der Waals surface area contributed by atoms with E-state index in [0.717, 1.165) is 0 Å². The Morgan fingerprint density at radius 2 is 2.26 bits per heavy atom. The summed E-state index contributed by atoms with van der Waals surface area (Å²) in [7, 11) is 0. The summed E-state index contributed by atoms with van der Waals surface area (Å²) in [6.45, 7) is 0.283. The van der Waals surface area contributed by atoms with E-state index in [9.17, 15) is 9.18 Å². The summed E-state index contributed by atoms with van der Waals surface area (Å²) in [6.07, 6.45) is 1.24. The first-order chi connectivity index (χ1) is 9.06. The van der Waals surface area contributed by atoms with Crippen LogP contribution in [-0.2, 0) is 6.54 Å². The van der Waals surface area contributed by atoms with Crippen LogP contribution in [0.5, 0.6) is 0 Å². The van der Waals surface area contributed by atoms with Crippen molar-refractivity contribution in [3.63, 3.8) is 0 Å². The smallest absolute Gasteiger partial charge is 0.254 e. The third-order valence-electron chi connectivity index (χ3n) is 2.37. The number of nitrogens with one attached hydrogen (secondary N) is 1. The highest BCUT2D eigenvalue weighted by molar-refractivity contribution is 6.28. The second-order valence-corrected chi connectivity index (χ2v) is 4.09. The lowest BCUT2D eigenvalue weighted by atomic mass is 10.2. The molecule has 0 aliphatic rings. The number of anilines is 1. The third-order valence-corrected chi connectivity index (χ3v) is 2.56. The van der Waals surface area contributed by atoms with Crippen LogP contribution in [0.2, 0.25) is 5.28 Å². The number of nitrogens with zero attached hydrogens (tertiary/aromatic N) is 2. The molecule has 7 heteroatoms. The van der Waals surface area contributed by atoms with Crippen LogP contribution >= 0.6 is 11.6 Å². The number of carbonyl (C=O) groups excluding carboxylic acids is 1. The molecule has 1 aromatic heterocycles. The molecule has 0 fully saturated rings. The highest BCUT2D eigenvalue weighted by Crippen LogP contribution is 2.15. The Morgan fingerprint density at radius 3 is 2.95 bits per heavy atom. The van der Waals surface area contributed by atoms with Gasteiger partial charge < -0.3 is 11.1 Å². The van der Waals surface area contributed by atoms with Crippen LogP contribution in [0.15, 0.2) is 30.5 Å². The van der Waals surface area contributed by atoms with Crippen molar-refractivity contribution < 1.29 is 9.18 Å². The zero-order valence-corrected chi connectivity index (χ0v) is 10.5. The van der Waals surface area contributed by atoms with Gasteiger partial charge in [-0.2, -0.15) is 4.98 Å². The Labute approximate surface area is 113 Å². The topological polar surface area (TPSA) is 80.9 Å². The van der Waals surface area contributed by atoms with E-state index in [4.69, 9.17) is 17.3 Å². The minimum absolute atomic E-state index is 0.00765. The summed E-state index contributed by atoms with van der Waals surface area (Å²) in [5.41, 5.74) is 6.02. The Hall–Kier alpha value is -2.21. The fourth-order valence-electron chi connectivity index (χ4n) is 1.51. The molecule has 1 amide bonds. The highest BCUT2D eigenvalue weighted by Gasteiger charge is 2.11. The summed E-state index contributed by atoms with van der Waals surface area (Å²) >= 11 is 5.65. The first kappa shape index (κ1) is 13.2. The zero-order valence-electron chi connectivity index (χ0n) is 9.73. The fraction of sp³-hybridized carbons (Fsp3) is 0.0833. The quantitative estimate of drug-likeness (QED) is 0.839. The maximum absolute atomic E-state index is 13.0. The molecule has 1 heterocycles. The molecule has 5 nitrogen and oxygen atoms in total. The van der Waals surface area contributed by atoms with E-state index in [1.807, 2.05) is 0 Å². The van der Waals surface area contributed by atoms with Crippen molar-refractivity contribution in [2.45, 2.75) is 6.54 Å². The van der Waals surface area contributed by atoms with Gasteiger partial charge in [0.15, 0.2) is 0 Å². The number of benzene rings is 1. The van der Waals surface area contributed by atoms with E-state index in [-0.39, 0.29) is 29.0 Å².